The highest BCUT2D eigenvalue weighted by Gasteiger charge is 2.41. The summed E-state index contributed by atoms with van der Waals surface area (Å²) in [7, 11) is 2.32. The van der Waals surface area contributed by atoms with Gasteiger partial charge >= 0.3 is 7.60 Å². The first-order valence-corrected chi connectivity index (χ1v) is 16.3. The van der Waals surface area contributed by atoms with Crippen molar-refractivity contribution >= 4 is 7.60 Å². The molecule has 0 radical (unpaired) electrons. The monoisotopic (exact) mass is 502 g/mol. The van der Waals surface area contributed by atoms with Crippen LogP contribution in [0.5, 0.6) is 0 Å². The van der Waals surface area contributed by atoms with Crippen molar-refractivity contribution in [3.05, 3.63) is 12.2 Å². The number of unbranched alkanes of at least 4 members (excludes halogenated alkanes) is 17. The molecule has 0 aromatic heterocycles. The molecule has 34 heavy (non-hydrogen) atoms. The van der Waals surface area contributed by atoms with Crippen molar-refractivity contribution in [2.24, 2.45) is 0 Å². The number of allylic oxidation sites excluding steroid dienone is 2. The molecule has 0 aromatic rings. The van der Waals surface area contributed by atoms with E-state index in [4.69, 9.17) is 4.52 Å². The van der Waals surface area contributed by atoms with E-state index in [9.17, 15) is 9.46 Å². The van der Waals surface area contributed by atoms with Crippen LogP contribution in [0.15, 0.2) is 12.2 Å². The predicted molar refractivity (Wildman–Crippen MR) is 150 cm³/mol. The summed E-state index contributed by atoms with van der Waals surface area (Å²) in [5.74, 6) is -0.347. The van der Waals surface area contributed by atoms with E-state index in [-0.39, 0.29) is 5.78 Å². The number of rotatable bonds is 25. The van der Waals surface area contributed by atoms with Gasteiger partial charge in [-0.3, -0.25) is 4.57 Å². The molecule has 0 fully saturated rings. The molecule has 0 aliphatic rings. The summed E-state index contributed by atoms with van der Waals surface area (Å²) in [5.41, 5.74) is 0. The predicted octanol–water partition coefficient (Wildman–Crippen LogP) is 9.62. The SMILES string of the molecule is CCCCC/C=C\CCCCCCCCCCCCCCCCOP(=O)(O)C(CC)[N+](C)(C)C. The van der Waals surface area contributed by atoms with E-state index in [1.165, 1.54) is 109 Å². The highest BCUT2D eigenvalue weighted by atomic mass is 31.2. The third-order valence-corrected chi connectivity index (χ3v) is 9.18. The van der Waals surface area contributed by atoms with Gasteiger partial charge in [-0.25, -0.2) is 0 Å². The summed E-state index contributed by atoms with van der Waals surface area (Å²) in [6.07, 6.45) is 30.3. The Balaban J connectivity index is 3.38. The minimum atomic E-state index is -3.55. The third kappa shape index (κ3) is 20.1. The van der Waals surface area contributed by atoms with Crippen molar-refractivity contribution in [1.82, 2.24) is 0 Å². The largest absolute Gasteiger partial charge is 0.385 e. The Morgan fingerprint density at radius 1 is 0.676 bits per heavy atom. The zero-order valence-corrected chi connectivity index (χ0v) is 24.6. The zero-order chi connectivity index (χ0) is 25.5. The molecule has 1 N–H and O–H groups in total. The molecule has 0 rings (SSSR count). The van der Waals surface area contributed by atoms with Gasteiger partial charge in [-0.15, -0.1) is 0 Å². The van der Waals surface area contributed by atoms with Gasteiger partial charge in [0.05, 0.1) is 27.7 Å². The molecule has 0 bridgehead atoms. The Morgan fingerprint density at radius 2 is 1.06 bits per heavy atom. The van der Waals surface area contributed by atoms with E-state index in [1.807, 2.05) is 28.1 Å². The molecule has 2 unspecified atom stereocenters. The van der Waals surface area contributed by atoms with Gasteiger partial charge in [0.1, 0.15) is 0 Å². The summed E-state index contributed by atoms with van der Waals surface area (Å²) in [5, 5.41) is 0. The van der Waals surface area contributed by atoms with Gasteiger partial charge in [-0.2, -0.15) is 0 Å². The van der Waals surface area contributed by atoms with Crippen LogP contribution in [0.2, 0.25) is 0 Å². The minimum absolute atomic E-state index is 0.347. The Labute approximate surface area is 214 Å². The van der Waals surface area contributed by atoms with Crippen molar-refractivity contribution in [3.8, 4) is 0 Å². The Morgan fingerprint density at radius 3 is 1.44 bits per heavy atom. The van der Waals surface area contributed by atoms with Crippen molar-refractivity contribution < 1.29 is 18.5 Å². The van der Waals surface area contributed by atoms with Crippen LogP contribution in [0, 0.1) is 0 Å². The second-order valence-corrected chi connectivity index (χ2v) is 13.1. The molecule has 0 amide bonds. The number of hydrogen-bond donors (Lipinski definition) is 1. The molecule has 4 nitrogen and oxygen atoms in total. The van der Waals surface area contributed by atoms with Crippen LogP contribution in [0.1, 0.15) is 142 Å². The van der Waals surface area contributed by atoms with Crippen LogP contribution in [0.3, 0.4) is 0 Å². The van der Waals surface area contributed by atoms with Gasteiger partial charge in [-0.1, -0.05) is 116 Å². The standard InChI is InChI=1S/C29H60NO3P/c1-6-8-9-10-11-12-13-14-15-16-17-18-19-20-21-22-23-24-25-26-27-28-33-34(31,32)29(7-2)30(3,4)5/h11-12,29H,6-10,13-28H2,1-5H3/p+1/b12-11-. The third-order valence-electron chi connectivity index (χ3n) is 6.82. The molecule has 0 aliphatic heterocycles. The molecule has 2 atom stereocenters. The Bertz CT molecular complexity index is 516. The topological polar surface area (TPSA) is 46.5 Å². The molecular formula is C29H61NO3P+. The van der Waals surface area contributed by atoms with Crippen molar-refractivity contribution in [1.29, 1.82) is 0 Å². The first kappa shape index (κ1) is 33.8. The van der Waals surface area contributed by atoms with Crippen LogP contribution in [0.4, 0.5) is 0 Å². The summed E-state index contributed by atoms with van der Waals surface area (Å²) in [6, 6.07) is 0. The Hall–Kier alpha value is -0.150. The van der Waals surface area contributed by atoms with Gasteiger partial charge in [0.25, 0.3) is 0 Å². The summed E-state index contributed by atoms with van der Waals surface area (Å²) in [6.45, 7) is 4.62. The van der Waals surface area contributed by atoms with Crippen LogP contribution in [0.25, 0.3) is 0 Å². The molecule has 204 valence electrons. The fourth-order valence-corrected chi connectivity index (χ4v) is 6.63. The van der Waals surface area contributed by atoms with Gasteiger partial charge in [-0.05, 0) is 32.1 Å². The van der Waals surface area contributed by atoms with Gasteiger partial charge < -0.3 is 13.9 Å². The van der Waals surface area contributed by atoms with E-state index in [2.05, 4.69) is 19.1 Å². The fourth-order valence-electron chi connectivity index (χ4n) is 4.73. The second kappa shape index (κ2) is 22.1. The fraction of sp³-hybridized carbons (Fsp3) is 0.931. The molecule has 0 spiro atoms. The van der Waals surface area contributed by atoms with Crippen LogP contribution < -0.4 is 0 Å². The maximum atomic E-state index is 12.5. The van der Waals surface area contributed by atoms with Crippen LogP contribution >= 0.6 is 7.60 Å². The molecule has 5 heteroatoms. The van der Waals surface area contributed by atoms with E-state index >= 15 is 0 Å². The maximum Gasteiger partial charge on any atom is 0.385 e. The van der Waals surface area contributed by atoms with Crippen molar-refractivity contribution in [2.75, 3.05) is 27.7 Å². The van der Waals surface area contributed by atoms with Gasteiger partial charge in [0, 0.05) is 6.42 Å². The van der Waals surface area contributed by atoms with Gasteiger partial charge in [0.15, 0.2) is 5.78 Å². The van der Waals surface area contributed by atoms with E-state index in [0.29, 0.717) is 17.5 Å². The normalized spacial score (nSPS) is 15.1. The van der Waals surface area contributed by atoms with Crippen LogP contribution in [-0.4, -0.2) is 42.9 Å². The van der Waals surface area contributed by atoms with E-state index in [1.54, 1.807) is 0 Å². The lowest BCUT2D eigenvalue weighted by Crippen LogP contribution is -2.44. The quantitative estimate of drug-likeness (QED) is 0.0585. The lowest BCUT2D eigenvalue weighted by Gasteiger charge is -2.35. The lowest BCUT2D eigenvalue weighted by atomic mass is 10.0. The first-order chi connectivity index (χ1) is 16.3. The average molecular weight is 503 g/mol. The minimum Gasteiger partial charge on any atom is -0.320 e. The summed E-state index contributed by atoms with van der Waals surface area (Å²) >= 11 is 0. The Kier molecular flexibility index (Phi) is 22.0. The van der Waals surface area contributed by atoms with E-state index in [0.717, 1.165) is 12.8 Å². The number of nitrogens with zero attached hydrogens (tertiary/aromatic N) is 1. The first-order valence-electron chi connectivity index (χ1n) is 14.7. The number of quaternary nitrogens is 1. The summed E-state index contributed by atoms with van der Waals surface area (Å²) in [4.78, 5) is 10.3. The highest BCUT2D eigenvalue weighted by Crippen LogP contribution is 2.51. The molecule has 0 heterocycles. The lowest BCUT2D eigenvalue weighted by molar-refractivity contribution is -0.883. The molecule has 0 saturated carbocycles. The van der Waals surface area contributed by atoms with Crippen molar-refractivity contribution in [2.45, 2.75) is 148 Å². The maximum absolute atomic E-state index is 12.5. The highest BCUT2D eigenvalue weighted by molar-refractivity contribution is 7.53. The summed E-state index contributed by atoms with van der Waals surface area (Å²) < 4.78 is 18.4. The van der Waals surface area contributed by atoms with E-state index < -0.39 is 7.60 Å². The second-order valence-electron chi connectivity index (χ2n) is 11.1. The van der Waals surface area contributed by atoms with Gasteiger partial charge in [0.2, 0.25) is 0 Å². The number of hydrogen-bond acceptors (Lipinski definition) is 2. The molecular weight excluding hydrogens is 441 g/mol. The average Bonchev–Trinajstić information content (AvgIpc) is 2.76. The smallest absolute Gasteiger partial charge is 0.320 e. The van der Waals surface area contributed by atoms with Crippen molar-refractivity contribution in [3.63, 3.8) is 0 Å². The molecule has 0 saturated heterocycles. The van der Waals surface area contributed by atoms with Crippen LogP contribution in [-0.2, 0) is 9.09 Å². The molecule has 0 aromatic carbocycles. The molecule has 0 aliphatic carbocycles. The zero-order valence-electron chi connectivity index (χ0n) is 23.7.